The first-order chi connectivity index (χ1) is 13.3. The molecule has 4 rings (SSSR count). The molecule has 9 heteroatoms. The van der Waals surface area contributed by atoms with Gasteiger partial charge in [0.05, 0.1) is 5.56 Å². The van der Waals surface area contributed by atoms with Crippen molar-refractivity contribution in [1.82, 2.24) is 14.9 Å². The van der Waals surface area contributed by atoms with Gasteiger partial charge in [-0.2, -0.15) is 13.2 Å². The van der Waals surface area contributed by atoms with Gasteiger partial charge in [-0.05, 0) is 29.7 Å². The van der Waals surface area contributed by atoms with Gasteiger partial charge in [-0.25, -0.2) is 4.98 Å². The van der Waals surface area contributed by atoms with Gasteiger partial charge in [-0.1, -0.05) is 12.1 Å². The quantitative estimate of drug-likeness (QED) is 0.707. The number of aromatic amines is 1. The van der Waals surface area contributed by atoms with Gasteiger partial charge in [-0.15, -0.1) is 11.3 Å². The number of halogens is 3. The Balaban J connectivity index is 1.52. The van der Waals surface area contributed by atoms with E-state index >= 15 is 0 Å². The second-order valence-electron chi connectivity index (χ2n) is 6.44. The number of fused-ring (bicyclic) bond motifs is 1. The van der Waals surface area contributed by atoms with E-state index in [4.69, 9.17) is 0 Å². The summed E-state index contributed by atoms with van der Waals surface area (Å²) in [6.45, 7) is 0.848. The summed E-state index contributed by atoms with van der Waals surface area (Å²) < 4.78 is 38.0. The van der Waals surface area contributed by atoms with E-state index in [2.05, 4.69) is 9.97 Å². The smallest absolute Gasteiger partial charge is 0.333 e. The van der Waals surface area contributed by atoms with Crippen LogP contribution < -0.4 is 5.56 Å². The number of benzene rings is 1. The molecule has 28 heavy (non-hydrogen) atoms. The average Bonchev–Trinajstić information content (AvgIpc) is 3.16. The first-order valence-corrected chi connectivity index (χ1v) is 9.32. The Labute approximate surface area is 161 Å². The molecule has 0 saturated heterocycles. The number of rotatable bonds is 2. The van der Waals surface area contributed by atoms with Gasteiger partial charge in [0.15, 0.2) is 0 Å². The van der Waals surface area contributed by atoms with Crippen LogP contribution in [-0.4, -0.2) is 27.3 Å². The summed E-state index contributed by atoms with van der Waals surface area (Å²) in [5.41, 5.74) is 1.70. The summed E-state index contributed by atoms with van der Waals surface area (Å²) in [6.07, 6.45) is -2.19. The standard InChI is InChI=1S/C19H14F3N3O2S/c20-19(21,22)14-3-1-11(2-4-14)17-24-15(10-28-17)18(27)25-6-5-12-7-16(26)23-8-13(12)9-25/h1-4,7-8,10H,5-6,9H2,(H,23,26). The van der Waals surface area contributed by atoms with Gasteiger partial charge in [0.25, 0.3) is 5.91 Å². The van der Waals surface area contributed by atoms with Crippen LogP contribution in [0.5, 0.6) is 0 Å². The van der Waals surface area contributed by atoms with Crippen molar-refractivity contribution in [2.45, 2.75) is 19.1 Å². The molecule has 0 radical (unpaired) electrons. The predicted molar refractivity (Wildman–Crippen MR) is 98.1 cm³/mol. The number of H-pyrrole nitrogens is 1. The van der Waals surface area contributed by atoms with Crippen LogP contribution in [0.25, 0.3) is 10.6 Å². The summed E-state index contributed by atoms with van der Waals surface area (Å²) in [5, 5.41) is 2.09. The molecule has 1 N–H and O–H groups in total. The van der Waals surface area contributed by atoms with Crippen LogP contribution in [0.4, 0.5) is 13.2 Å². The Bertz CT molecular complexity index is 1090. The van der Waals surface area contributed by atoms with Crippen molar-refractivity contribution in [1.29, 1.82) is 0 Å². The van der Waals surface area contributed by atoms with Crippen molar-refractivity contribution in [2.75, 3.05) is 6.54 Å². The molecule has 144 valence electrons. The normalized spacial score (nSPS) is 14.0. The number of amides is 1. The zero-order valence-corrected chi connectivity index (χ0v) is 15.2. The van der Waals surface area contributed by atoms with Gasteiger partial charge in [-0.3, -0.25) is 9.59 Å². The minimum absolute atomic E-state index is 0.167. The molecule has 0 unspecified atom stereocenters. The number of carbonyl (C=O) groups excluding carboxylic acids is 1. The Morgan fingerprint density at radius 3 is 2.64 bits per heavy atom. The second-order valence-corrected chi connectivity index (χ2v) is 7.30. The maximum absolute atomic E-state index is 12.8. The summed E-state index contributed by atoms with van der Waals surface area (Å²) in [6, 6.07) is 6.25. The van der Waals surface area contributed by atoms with Crippen LogP contribution >= 0.6 is 11.3 Å². The number of aromatic nitrogens is 2. The van der Waals surface area contributed by atoms with Crippen molar-refractivity contribution in [3.8, 4) is 10.6 Å². The van der Waals surface area contributed by atoms with Crippen molar-refractivity contribution in [3.05, 3.63) is 74.6 Å². The van der Waals surface area contributed by atoms with Gasteiger partial charge in [0, 0.05) is 36.3 Å². The van der Waals surface area contributed by atoms with Gasteiger partial charge >= 0.3 is 6.18 Å². The third kappa shape index (κ3) is 3.57. The molecule has 5 nitrogen and oxygen atoms in total. The Kier molecular flexibility index (Phi) is 4.54. The zero-order chi connectivity index (χ0) is 19.9. The SMILES string of the molecule is O=C(c1csc(-c2ccc(C(F)(F)F)cc2)n1)N1CCc2cc(=O)[nH]cc2C1. The summed E-state index contributed by atoms with van der Waals surface area (Å²) in [7, 11) is 0. The lowest BCUT2D eigenvalue weighted by atomic mass is 10.0. The minimum Gasteiger partial charge on any atom is -0.333 e. The lowest BCUT2D eigenvalue weighted by molar-refractivity contribution is -0.137. The third-order valence-electron chi connectivity index (χ3n) is 4.59. The molecule has 0 saturated carbocycles. The molecule has 2 aromatic heterocycles. The van der Waals surface area contributed by atoms with Crippen LogP contribution in [0.1, 0.15) is 27.2 Å². The molecule has 0 spiro atoms. The van der Waals surface area contributed by atoms with E-state index in [0.717, 1.165) is 23.3 Å². The number of hydrogen-bond acceptors (Lipinski definition) is 4. The van der Waals surface area contributed by atoms with E-state index in [1.54, 1.807) is 22.5 Å². The maximum Gasteiger partial charge on any atom is 0.416 e. The maximum atomic E-state index is 12.8. The van der Waals surface area contributed by atoms with Crippen LogP contribution in [0, 0.1) is 0 Å². The van der Waals surface area contributed by atoms with E-state index in [1.165, 1.54) is 23.5 Å². The number of nitrogens with zero attached hydrogens (tertiary/aromatic N) is 2. The lowest BCUT2D eigenvalue weighted by Gasteiger charge is -2.27. The number of alkyl halides is 3. The van der Waals surface area contributed by atoms with E-state index in [1.807, 2.05) is 0 Å². The monoisotopic (exact) mass is 405 g/mol. The van der Waals surface area contributed by atoms with Crippen molar-refractivity contribution in [2.24, 2.45) is 0 Å². The molecule has 1 aromatic carbocycles. The molecule has 0 atom stereocenters. The fraction of sp³-hybridized carbons (Fsp3) is 0.211. The summed E-state index contributed by atoms with van der Waals surface area (Å²) >= 11 is 1.21. The lowest BCUT2D eigenvalue weighted by Crippen LogP contribution is -2.36. The highest BCUT2D eigenvalue weighted by Gasteiger charge is 2.30. The summed E-state index contributed by atoms with van der Waals surface area (Å²) in [4.78, 5) is 32.7. The average molecular weight is 405 g/mol. The highest BCUT2D eigenvalue weighted by molar-refractivity contribution is 7.13. The van der Waals surface area contributed by atoms with Crippen molar-refractivity contribution < 1.29 is 18.0 Å². The highest BCUT2D eigenvalue weighted by atomic mass is 32.1. The van der Waals surface area contributed by atoms with Crippen molar-refractivity contribution in [3.63, 3.8) is 0 Å². The molecule has 1 aliphatic heterocycles. The molecular formula is C19H14F3N3O2S. The number of thiazole rings is 1. The zero-order valence-electron chi connectivity index (χ0n) is 14.4. The molecule has 3 heterocycles. The molecule has 1 aliphatic rings. The van der Waals surface area contributed by atoms with Crippen LogP contribution in [0.3, 0.4) is 0 Å². The van der Waals surface area contributed by atoms with E-state index in [-0.39, 0.29) is 17.2 Å². The topological polar surface area (TPSA) is 66.1 Å². The molecule has 0 fully saturated rings. The molecule has 1 amide bonds. The van der Waals surface area contributed by atoms with E-state index in [9.17, 15) is 22.8 Å². The van der Waals surface area contributed by atoms with Gasteiger partial charge in [0.1, 0.15) is 10.7 Å². The summed E-state index contributed by atoms with van der Waals surface area (Å²) in [5.74, 6) is -0.244. The van der Waals surface area contributed by atoms with Crippen LogP contribution in [-0.2, 0) is 19.1 Å². The Morgan fingerprint density at radius 1 is 1.18 bits per heavy atom. The molecular weight excluding hydrogens is 391 g/mol. The third-order valence-corrected chi connectivity index (χ3v) is 5.48. The largest absolute Gasteiger partial charge is 0.416 e. The fourth-order valence-electron chi connectivity index (χ4n) is 3.11. The molecule has 3 aromatic rings. The number of pyridine rings is 1. The van der Waals surface area contributed by atoms with Gasteiger partial charge < -0.3 is 9.88 Å². The molecule has 0 bridgehead atoms. The predicted octanol–water partition coefficient (Wildman–Crippen LogP) is 3.72. The number of carbonyl (C=O) groups is 1. The Hall–Kier alpha value is -2.94. The van der Waals surface area contributed by atoms with Crippen LogP contribution in [0.15, 0.2) is 46.7 Å². The highest BCUT2D eigenvalue weighted by Crippen LogP contribution is 2.32. The Morgan fingerprint density at radius 2 is 1.93 bits per heavy atom. The van der Waals surface area contributed by atoms with E-state index < -0.39 is 11.7 Å². The number of nitrogens with one attached hydrogen (secondary N) is 1. The number of hydrogen-bond donors (Lipinski definition) is 1. The fourth-order valence-corrected chi connectivity index (χ4v) is 3.91. The molecule has 0 aliphatic carbocycles. The first kappa shape index (κ1) is 18.4. The van der Waals surface area contributed by atoms with E-state index in [0.29, 0.717) is 30.1 Å². The van der Waals surface area contributed by atoms with Crippen molar-refractivity contribution >= 4 is 17.2 Å². The first-order valence-electron chi connectivity index (χ1n) is 8.44. The second kappa shape index (κ2) is 6.90. The van der Waals surface area contributed by atoms with Gasteiger partial charge in [0.2, 0.25) is 5.56 Å². The minimum atomic E-state index is -4.39. The van der Waals surface area contributed by atoms with Crippen LogP contribution in [0.2, 0.25) is 0 Å².